The van der Waals surface area contributed by atoms with Crippen molar-refractivity contribution in [2.75, 3.05) is 13.1 Å². The largest absolute Gasteiger partial charge is 0.444 e. The van der Waals surface area contributed by atoms with Gasteiger partial charge >= 0.3 is 6.09 Å². The summed E-state index contributed by atoms with van der Waals surface area (Å²) in [7, 11) is 0. The number of dihydropyridines is 1. The van der Waals surface area contributed by atoms with Crippen molar-refractivity contribution >= 4 is 12.3 Å². The molecule has 5 heteroatoms. The van der Waals surface area contributed by atoms with E-state index in [2.05, 4.69) is 11.6 Å². The first-order valence-corrected chi connectivity index (χ1v) is 7.41. The van der Waals surface area contributed by atoms with Gasteiger partial charge in [0.25, 0.3) is 0 Å². The number of nitrogens with two attached hydrogens (primary N) is 1. The van der Waals surface area contributed by atoms with E-state index < -0.39 is 5.60 Å². The molecule has 0 radical (unpaired) electrons. The van der Waals surface area contributed by atoms with Crippen LogP contribution in [0.5, 0.6) is 0 Å². The van der Waals surface area contributed by atoms with Gasteiger partial charge in [-0.2, -0.15) is 0 Å². The molecule has 2 aliphatic heterocycles. The molecule has 0 aliphatic carbocycles. The lowest BCUT2D eigenvalue weighted by Crippen LogP contribution is -2.35. The number of hydrogen-bond donors (Lipinski definition) is 1. The third kappa shape index (κ3) is 4.09. The minimum absolute atomic E-state index is 0.0842. The van der Waals surface area contributed by atoms with Crippen LogP contribution in [0.4, 0.5) is 4.79 Å². The highest BCUT2D eigenvalue weighted by Crippen LogP contribution is 2.29. The third-order valence-electron chi connectivity index (χ3n) is 3.77. The minimum Gasteiger partial charge on any atom is -0.444 e. The fourth-order valence-electron chi connectivity index (χ4n) is 2.61. The van der Waals surface area contributed by atoms with Gasteiger partial charge in [0.15, 0.2) is 0 Å². The zero-order valence-corrected chi connectivity index (χ0v) is 13.1. The molecule has 0 aromatic carbocycles. The number of likely N-dealkylation sites (tertiary alicyclic amines) is 1. The predicted molar refractivity (Wildman–Crippen MR) is 84.2 cm³/mol. The second-order valence-electron chi connectivity index (χ2n) is 6.72. The number of nitrogens with zero attached hydrogens (tertiary/aromatic N) is 2. The SMILES string of the molecule is C=C(C1CC=C(N)C=N1)[C@@H]1CCN(C(=O)OC(C)(C)C)C1. The maximum atomic E-state index is 12.1. The summed E-state index contributed by atoms with van der Waals surface area (Å²) < 4.78 is 5.41. The molecule has 116 valence electrons. The van der Waals surface area contributed by atoms with Crippen molar-refractivity contribution in [1.82, 2.24) is 4.90 Å². The molecular formula is C16H25N3O2. The van der Waals surface area contributed by atoms with Crippen LogP contribution in [0.2, 0.25) is 0 Å². The third-order valence-corrected chi connectivity index (χ3v) is 3.77. The van der Waals surface area contributed by atoms with Crippen molar-refractivity contribution < 1.29 is 9.53 Å². The Kier molecular flexibility index (Phi) is 4.40. The lowest BCUT2D eigenvalue weighted by Gasteiger charge is -2.25. The maximum Gasteiger partial charge on any atom is 0.410 e. The number of carbonyl (C=O) groups excluding carboxylic acids is 1. The molecule has 0 saturated carbocycles. The van der Waals surface area contributed by atoms with E-state index in [1.807, 2.05) is 26.8 Å². The first-order valence-electron chi connectivity index (χ1n) is 7.41. The van der Waals surface area contributed by atoms with E-state index in [4.69, 9.17) is 10.5 Å². The van der Waals surface area contributed by atoms with Crippen LogP contribution >= 0.6 is 0 Å². The van der Waals surface area contributed by atoms with Crippen molar-refractivity contribution in [3.8, 4) is 0 Å². The van der Waals surface area contributed by atoms with Crippen molar-refractivity contribution in [2.45, 2.75) is 45.3 Å². The fraction of sp³-hybridized carbons (Fsp3) is 0.625. The quantitative estimate of drug-likeness (QED) is 0.795. The van der Waals surface area contributed by atoms with Gasteiger partial charge in [-0.15, -0.1) is 0 Å². The first-order chi connectivity index (χ1) is 9.76. The highest BCUT2D eigenvalue weighted by molar-refractivity contribution is 5.78. The molecule has 5 nitrogen and oxygen atoms in total. The smallest absolute Gasteiger partial charge is 0.410 e. The van der Waals surface area contributed by atoms with E-state index in [1.54, 1.807) is 11.1 Å². The van der Waals surface area contributed by atoms with Gasteiger partial charge in [-0.05, 0) is 39.2 Å². The van der Waals surface area contributed by atoms with E-state index in [0.717, 1.165) is 18.4 Å². The molecule has 2 N–H and O–H groups in total. The number of rotatable bonds is 2. The fourth-order valence-corrected chi connectivity index (χ4v) is 2.61. The molecule has 0 spiro atoms. The van der Waals surface area contributed by atoms with Crippen LogP contribution < -0.4 is 5.73 Å². The van der Waals surface area contributed by atoms with Gasteiger partial charge in [-0.1, -0.05) is 12.7 Å². The molecule has 1 fully saturated rings. The van der Waals surface area contributed by atoms with Crippen molar-refractivity contribution in [3.63, 3.8) is 0 Å². The molecule has 1 unspecified atom stereocenters. The van der Waals surface area contributed by atoms with Gasteiger partial charge in [0, 0.05) is 30.9 Å². The highest BCUT2D eigenvalue weighted by Gasteiger charge is 2.33. The van der Waals surface area contributed by atoms with Crippen LogP contribution in [0.3, 0.4) is 0 Å². The molecule has 2 rings (SSSR count). The lowest BCUT2D eigenvalue weighted by atomic mass is 9.91. The molecule has 0 aromatic rings. The zero-order valence-electron chi connectivity index (χ0n) is 13.1. The first kappa shape index (κ1) is 15.6. The van der Waals surface area contributed by atoms with Gasteiger partial charge in [-0.25, -0.2) is 4.79 Å². The second-order valence-corrected chi connectivity index (χ2v) is 6.72. The Morgan fingerprint density at radius 3 is 2.81 bits per heavy atom. The normalized spacial score (nSPS) is 25.7. The van der Waals surface area contributed by atoms with E-state index in [9.17, 15) is 4.79 Å². The van der Waals surface area contributed by atoms with E-state index in [-0.39, 0.29) is 18.1 Å². The molecule has 1 saturated heterocycles. The lowest BCUT2D eigenvalue weighted by molar-refractivity contribution is 0.0290. The molecule has 2 aliphatic rings. The second kappa shape index (κ2) is 5.92. The summed E-state index contributed by atoms with van der Waals surface area (Å²) in [6, 6.07) is 0.0842. The molecule has 0 aromatic heterocycles. The van der Waals surface area contributed by atoms with Gasteiger partial charge in [0.2, 0.25) is 0 Å². The van der Waals surface area contributed by atoms with Crippen molar-refractivity contribution in [1.29, 1.82) is 0 Å². The molecule has 21 heavy (non-hydrogen) atoms. The van der Waals surface area contributed by atoms with Crippen LogP contribution in [0.25, 0.3) is 0 Å². The molecule has 2 atom stereocenters. The van der Waals surface area contributed by atoms with Crippen LogP contribution in [-0.2, 0) is 4.74 Å². The Hall–Kier alpha value is -1.78. The summed E-state index contributed by atoms with van der Waals surface area (Å²) in [5.74, 6) is 0.285. The average Bonchev–Trinajstić information content (AvgIpc) is 2.86. The summed E-state index contributed by atoms with van der Waals surface area (Å²) in [5.41, 5.74) is 7.02. The van der Waals surface area contributed by atoms with Crippen molar-refractivity contribution in [3.05, 3.63) is 23.9 Å². The average molecular weight is 291 g/mol. The topological polar surface area (TPSA) is 67.9 Å². The Balaban J connectivity index is 1.89. The summed E-state index contributed by atoms with van der Waals surface area (Å²) in [4.78, 5) is 18.3. The van der Waals surface area contributed by atoms with Crippen molar-refractivity contribution in [2.24, 2.45) is 16.6 Å². The number of allylic oxidation sites excluding steroid dienone is 1. The van der Waals surface area contributed by atoms with Crippen LogP contribution in [-0.4, -0.2) is 41.9 Å². The monoisotopic (exact) mass is 291 g/mol. The number of hydrogen-bond acceptors (Lipinski definition) is 4. The Morgan fingerprint density at radius 1 is 1.52 bits per heavy atom. The van der Waals surface area contributed by atoms with E-state index in [1.165, 1.54) is 0 Å². The van der Waals surface area contributed by atoms with Gasteiger partial charge in [-0.3, -0.25) is 4.99 Å². The van der Waals surface area contributed by atoms with Gasteiger partial charge in [0.1, 0.15) is 5.60 Å². The Labute approximate surface area is 126 Å². The standard InChI is InChI=1S/C16H25N3O2/c1-11(14-6-5-13(17)9-18-14)12-7-8-19(10-12)15(20)21-16(2,3)4/h5,9,12,14H,1,6-8,10,17H2,2-4H3/t12-,14?/m1/s1. The molecule has 1 amide bonds. The van der Waals surface area contributed by atoms with Crippen LogP contribution in [0, 0.1) is 5.92 Å². The number of aliphatic imine (C=N–C) groups is 1. The van der Waals surface area contributed by atoms with E-state index >= 15 is 0 Å². The summed E-state index contributed by atoms with van der Waals surface area (Å²) in [5, 5.41) is 0. The number of carbonyl (C=O) groups is 1. The van der Waals surface area contributed by atoms with Crippen LogP contribution in [0.15, 0.2) is 28.9 Å². The highest BCUT2D eigenvalue weighted by atomic mass is 16.6. The summed E-state index contributed by atoms with van der Waals surface area (Å²) >= 11 is 0. The van der Waals surface area contributed by atoms with E-state index in [0.29, 0.717) is 18.8 Å². The number of amides is 1. The van der Waals surface area contributed by atoms with Gasteiger partial charge < -0.3 is 15.4 Å². The molecular weight excluding hydrogens is 266 g/mol. The van der Waals surface area contributed by atoms with Gasteiger partial charge in [0.05, 0.1) is 6.04 Å². The molecule has 0 bridgehead atoms. The Morgan fingerprint density at radius 2 is 2.24 bits per heavy atom. The Bertz CT molecular complexity index is 488. The predicted octanol–water partition coefficient (Wildman–Crippen LogP) is 2.49. The van der Waals surface area contributed by atoms with Crippen LogP contribution in [0.1, 0.15) is 33.6 Å². The summed E-state index contributed by atoms with van der Waals surface area (Å²) in [6.07, 6.45) is 5.14. The minimum atomic E-state index is -0.456. The maximum absolute atomic E-state index is 12.1. The molecule has 2 heterocycles. The number of ether oxygens (including phenoxy) is 1. The zero-order chi connectivity index (χ0) is 15.6. The summed E-state index contributed by atoms with van der Waals surface area (Å²) in [6.45, 7) is 11.2.